The molecule has 0 radical (unpaired) electrons. The van der Waals surface area contributed by atoms with E-state index in [4.69, 9.17) is 0 Å². The van der Waals surface area contributed by atoms with Crippen LogP contribution in [0, 0.1) is 6.92 Å². The molecule has 3 aromatic rings. The van der Waals surface area contributed by atoms with Crippen LogP contribution >= 0.6 is 0 Å². The first kappa shape index (κ1) is 15.4. The third-order valence-corrected chi connectivity index (χ3v) is 3.54. The van der Waals surface area contributed by atoms with Gasteiger partial charge in [0.15, 0.2) is 0 Å². The van der Waals surface area contributed by atoms with E-state index in [-0.39, 0.29) is 16.8 Å². The van der Waals surface area contributed by atoms with Crippen molar-refractivity contribution >= 4 is 11.9 Å². The van der Waals surface area contributed by atoms with Gasteiger partial charge >= 0.3 is 11.9 Å². The largest absolute Gasteiger partial charge is 0.478 e. The molecule has 1 aromatic heterocycles. The van der Waals surface area contributed by atoms with Crippen LogP contribution in [0.5, 0.6) is 0 Å². The molecule has 0 aliphatic rings. The van der Waals surface area contributed by atoms with Crippen LogP contribution < -0.4 is 0 Å². The van der Waals surface area contributed by atoms with Gasteiger partial charge in [0.2, 0.25) is 0 Å². The Morgan fingerprint density at radius 1 is 1.04 bits per heavy atom. The highest BCUT2D eigenvalue weighted by molar-refractivity contribution is 6.04. The molecule has 0 amide bonds. The van der Waals surface area contributed by atoms with E-state index in [1.54, 1.807) is 6.20 Å². The highest BCUT2D eigenvalue weighted by atomic mass is 16.4. The molecule has 0 unspecified atom stereocenters. The van der Waals surface area contributed by atoms with Crippen LogP contribution in [0.15, 0.2) is 48.7 Å². The average Bonchev–Trinajstić information content (AvgIpc) is 3.03. The van der Waals surface area contributed by atoms with Crippen LogP contribution in [0.3, 0.4) is 0 Å². The monoisotopic (exact) mass is 323 g/mol. The Morgan fingerprint density at radius 3 is 2.46 bits per heavy atom. The summed E-state index contributed by atoms with van der Waals surface area (Å²) in [7, 11) is 0. The van der Waals surface area contributed by atoms with E-state index >= 15 is 0 Å². The number of aromatic nitrogens is 3. The van der Waals surface area contributed by atoms with E-state index in [0.717, 1.165) is 11.1 Å². The van der Waals surface area contributed by atoms with Crippen molar-refractivity contribution in [2.24, 2.45) is 0 Å². The minimum absolute atomic E-state index is 0.147. The number of carboxylic acids is 2. The van der Waals surface area contributed by atoms with E-state index in [9.17, 15) is 19.8 Å². The summed E-state index contributed by atoms with van der Waals surface area (Å²) < 4.78 is 1.27. The van der Waals surface area contributed by atoms with Crippen LogP contribution in [-0.2, 0) is 0 Å². The fourth-order valence-electron chi connectivity index (χ4n) is 2.45. The topological polar surface area (TPSA) is 105 Å². The molecule has 1 heterocycles. The lowest BCUT2D eigenvalue weighted by atomic mass is 10.1. The van der Waals surface area contributed by atoms with Crippen LogP contribution in [0.2, 0.25) is 0 Å². The highest BCUT2D eigenvalue weighted by Crippen LogP contribution is 2.22. The van der Waals surface area contributed by atoms with Crippen LogP contribution in [0.25, 0.3) is 16.9 Å². The molecule has 2 aromatic carbocycles. The lowest BCUT2D eigenvalue weighted by Gasteiger charge is -2.08. The van der Waals surface area contributed by atoms with Gasteiger partial charge < -0.3 is 10.2 Å². The van der Waals surface area contributed by atoms with E-state index in [0.29, 0.717) is 5.69 Å². The van der Waals surface area contributed by atoms with Gasteiger partial charge in [-0.25, -0.2) is 14.3 Å². The Bertz CT molecular complexity index is 947. The molecule has 7 heteroatoms. The number of benzene rings is 2. The number of aryl methyl sites for hydroxylation is 1. The molecule has 7 nitrogen and oxygen atoms in total. The van der Waals surface area contributed by atoms with Crippen molar-refractivity contribution in [1.82, 2.24) is 15.0 Å². The molecular formula is C17H13N3O4. The number of carboxylic acid groups (broad SMARTS) is 2. The molecule has 3 rings (SSSR count). The predicted molar refractivity (Wildman–Crippen MR) is 85.5 cm³/mol. The smallest absolute Gasteiger partial charge is 0.338 e. The Balaban J connectivity index is 2.13. The Labute approximate surface area is 136 Å². The van der Waals surface area contributed by atoms with Crippen LogP contribution in [0.1, 0.15) is 26.3 Å². The van der Waals surface area contributed by atoms with E-state index in [2.05, 4.69) is 10.3 Å². The Morgan fingerprint density at radius 2 is 1.79 bits per heavy atom. The summed E-state index contributed by atoms with van der Waals surface area (Å²) in [5.74, 6) is -2.65. The SMILES string of the molecule is Cc1cccc(-c2cn(-c3cccc(C(=O)O)c3C(=O)O)nn2)c1. The quantitative estimate of drug-likeness (QED) is 0.764. The van der Waals surface area contributed by atoms with E-state index in [1.165, 1.54) is 22.9 Å². The molecule has 0 saturated heterocycles. The fourth-order valence-corrected chi connectivity index (χ4v) is 2.45. The van der Waals surface area contributed by atoms with Crippen molar-refractivity contribution in [2.45, 2.75) is 6.92 Å². The molecule has 0 bridgehead atoms. The van der Waals surface area contributed by atoms with Gasteiger partial charge in [-0.1, -0.05) is 35.0 Å². The van der Waals surface area contributed by atoms with Crippen molar-refractivity contribution in [3.8, 4) is 16.9 Å². The van der Waals surface area contributed by atoms with Gasteiger partial charge in [-0.2, -0.15) is 0 Å². The average molecular weight is 323 g/mol. The molecule has 0 fully saturated rings. The van der Waals surface area contributed by atoms with Gasteiger partial charge in [0.25, 0.3) is 0 Å². The number of hydrogen-bond acceptors (Lipinski definition) is 4. The maximum atomic E-state index is 11.5. The number of hydrogen-bond donors (Lipinski definition) is 2. The summed E-state index contributed by atoms with van der Waals surface area (Å²) >= 11 is 0. The highest BCUT2D eigenvalue weighted by Gasteiger charge is 2.21. The molecule has 24 heavy (non-hydrogen) atoms. The maximum absolute atomic E-state index is 11.5. The normalized spacial score (nSPS) is 10.5. The molecule has 0 spiro atoms. The number of rotatable bonds is 4. The summed E-state index contributed by atoms with van der Waals surface area (Å²) in [6.07, 6.45) is 1.57. The zero-order valence-corrected chi connectivity index (χ0v) is 12.7. The summed E-state index contributed by atoms with van der Waals surface area (Å²) in [5.41, 5.74) is 1.98. The lowest BCUT2D eigenvalue weighted by molar-refractivity contribution is 0.0651. The van der Waals surface area contributed by atoms with Crippen molar-refractivity contribution in [2.75, 3.05) is 0 Å². The van der Waals surface area contributed by atoms with Crippen LogP contribution in [-0.4, -0.2) is 37.1 Å². The predicted octanol–water partition coefficient (Wildman–Crippen LogP) is 2.64. The molecule has 0 saturated carbocycles. The van der Waals surface area contributed by atoms with Gasteiger partial charge in [0, 0.05) is 5.56 Å². The number of aromatic carboxylic acids is 2. The molecule has 120 valence electrons. The first-order valence-corrected chi connectivity index (χ1v) is 7.06. The van der Waals surface area contributed by atoms with Gasteiger partial charge in [-0.3, -0.25) is 0 Å². The zero-order chi connectivity index (χ0) is 17.3. The molecule has 0 aliphatic heterocycles. The van der Waals surface area contributed by atoms with Gasteiger partial charge in [-0.15, -0.1) is 5.10 Å². The third kappa shape index (κ3) is 2.74. The van der Waals surface area contributed by atoms with Crippen molar-refractivity contribution in [1.29, 1.82) is 0 Å². The molecule has 2 N–H and O–H groups in total. The minimum atomic E-state index is -1.34. The van der Waals surface area contributed by atoms with Gasteiger partial charge in [0.05, 0.1) is 23.0 Å². The zero-order valence-electron chi connectivity index (χ0n) is 12.7. The fraction of sp³-hybridized carbons (Fsp3) is 0.0588. The van der Waals surface area contributed by atoms with Gasteiger partial charge in [0.1, 0.15) is 5.69 Å². The molecular weight excluding hydrogens is 310 g/mol. The third-order valence-electron chi connectivity index (χ3n) is 3.54. The Hall–Kier alpha value is -3.48. The second-order valence-corrected chi connectivity index (χ2v) is 5.23. The Kier molecular flexibility index (Phi) is 3.83. The number of carbonyl (C=O) groups is 2. The lowest BCUT2D eigenvalue weighted by Crippen LogP contribution is -2.13. The summed E-state index contributed by atoms with van der Waals surface area (Å²) in [6.45, 7) is 1.95. The first-order chi connectivity index (χ1) is 11.5. The molecule has 0 aliphatic carbocycles. The maximum Gasteiger partial charge on any atom is 0.338 e. The standard InChI is InChI=1S/C17H13N3O4/c1-10-4-2-5-11(8-10)13-9-20(19-18-13)14-7-3-6-12(16(21)22)15(14)17(23)24/h2-9H,1H3,(H,21,22)(H,23,24). The summed E-state index contributed by atoms with van der Waals surface area (Å²) in [6, 6.07) is 11.8. The van der Waals surface area contributed by atoms with Crippen LogP contribution in [0.4, 0.5) is 0 Å². The van der Waals surface area contributed by atoms with Crippen molar-refractivity contribution in [3.05, 3.63) is 65.4 Å². The summed E-state index contributed by atoms with van der Waals surface area (Å²) in [4.78, 5) is 22.8. The first-order valence-electron chi connectivity index (χ1n) is 7.06. The van der Waals surface area contributed by atoms with Gasteiger partial charge in [-0.05, 0) is 25.1 Å². The van der Waals surface area contributed by atoms with E-state index < -0.39 is 11.9 Å². The second kappa shape index (κ2) is 5.96. The minimum Gasteiger partial charge on any atom is -0.478 e. The number of nitrogens with zero attached hydrogens (tertiary/aromatic N) is 3. The molecule has 0 atom stereocenters. The van der Waals surface area contributed by atoms with E-state index in [1.807, 2.05) is 31.2 Å². The summed E-state index contributed by atoms with van der Waals surface area (Å²) in [5, 5.41) is 26.6. The van der Waals surface area contributed by atoms with Crippen molar-refractivity contribution < 1.29 is 19.8 Å². The van der Waals surface area contributed by atoms with Crippen molar-refractivity contribution in [3.63, 3.8) is 0 Å². The second-order valence-electron chi connectivity index (χ2n) is 5.23.